The molecule has 0 unspecified atom stereocenters. The first-order chi connectivity index (χ1) is 7.72. The van der Waals surface area contributed by atoms with Gasteiger partial charge in [0, 0.05) is 13.1 Å². The topological polar surface area (TPSA) is 64.3 Å². The zero-order valence-electron chi connectivity index (χ0n) is 9.48. The Hall–Kier alpha value is -1.55. The molecule has 1 aromatic rings. The predicted octanol–water partition coefficient (Wildman–Crippen LogP) is 1.30. The highest BCUT2D eigenvalue weighted by atomic mass is 16.5. The fourth-order valence-corrected chi connectivity index (χ4v) is 1.33. The van der Waals surface area contributed by atoms with Gasteiger partial charge in [0.1, 0.15) is 6.61 Å². The molecular weight excluding hydrogens is 204 g/mol. The lowest BCUT2D eigenvalue weighted by atomic mass is 10.1. The summed E-state index contributed by atoms with van der Waals surface area (Å²) in [5.74, 6) is 0. The van der Waals surface area contributed by atoms with Gasteiger partial charge in [-0.25, -0.2) is 4.79 Å². The molecule has 0 aliphatic carbocycles. The molecule has 0 radical (unpaired) electrons. The van der Waals surface area contributed by atoms with Crippen molar-refractivity contribution < 1.29 is 9.53 Å². The van der Waals surface area contributed by atoms with Crippen LogP contribution in [0, 0.1) is 0 Å². The first-order valence-electron chi connectivity index (χ1n) is 5.36. The quantitative estimate of drug-likeness (QED) is 0.789. The number of nitrogens with one attached hydrogen (secondary N) is 1. The van der Waals surface area contributed by atoms with E-state index < -0.39 is 6.09 Å². The van der Waals surface area contributed by atoms with Crippen molar-refractivity contribution in [1.29, 1.82) is 0 Å². The second-order valence-electron chi connectivity index (χ2n) is 3.63. The molecule has 1 amide bonds. The number of hydrogen-bond donors (Lipinski definition) is 2. The Bertz CT molecular complexity index is 314. The van der Waals surface area contributed by atoms with Crippen molar-refractivity contribution in [3.05, 3.63) is 35.9 Å². The predicted molar refractivity (Wildman–Crippen MR) is 63.1 cm³/mol. The number of carbonyl (C=O) groups excluding carboxylic acids is 1. The Morgan fingerprint density at radius 2 is 2.12 bits per heavy atom. The van der Waals surface area contributed by atoms with E-state index in [1.54, 1.807) is 0 Å². The minimum absolute atomic E-state index is 0.113. The van der Waals surface area contributed by atoms with Crippen molar-refractivity contribution in [2.45, 2.75) is 18.9 Å². The van der Waals surface area contributed by atoms with Crippen LogP contribution < -0.4 is 11.1 Å². The lowest BCUT2D eigenvalue weighted by molar-refractivity contribution is 0.140. The van der Waals surface area contributed by atoms with E-state index in [0.29, 0.717) is 0 Å². The maximum Gasteiger partial charge on any atom is 0.406 e. The normalized spacial score (nSPS) is 11.9. The zero-order valence-corrected chi connectivity index (χ0v) is 9.48. The van der Waals surface area contributed by atoms with Gasteiger partial charge in [-0.2, -0.15) is 0 Å². The van der Waals surface area contributed by atoms with Gasteiger partial charge >= 0.3 is 6.09 Å². The molecule has 0 aliphatic rings. The van der Waals surface area contributed by atoms with Crippen LogP contribution in [0.25, 0.3) is 0 Å². The molecule has 0 heterocycles. The SMILES string of the molecule is CNC(=O)OC[C@H](N)CCc1ccccc1. The van der Waals surface area contributed by atoms with Crippen molar-refractivity contribution in [3.63, 3.8) is 0 Å². The number of alkyl carbamates (subject to hydrolysis) is 1. The third kappa shape index (κ3) is 4.79. The summed E-state index contributed by atoms with van der Waals surface area (Å²) in [4.78, 5) is 10.8. The number of aryl methyl sites for hydroxylation is 1. The molecule has 3 N–H and O–H groups in total. The first-order valence-corrected chi connectivity index (χ1v) is 5.36. The second-order valence-corrected chi connectivity index (χ2v) is 3.63. The zero-order chi connectivity index (χ0) is 11.8. The number of rotatable bonds is 5. The maximum absolute atomic E-state index is 10.8. The molecule has 1 rings (SSSR count). The van der Waals surface area contributed by atoms with Gasteiger partial charge < -0.3 is 15.8 Å². The van der Waals surface area contributed by atoms with Gasteiger partial charge in [0.25, 0.3) is 0 Å². The van der Waals surface area contributed by atoms with E-state index in [1.165, 1.54) is 12.6 Å². The molecule has 0 saturated heterocycles. The fraction of sp³-hybridized carbons (Fsp3) is 0.417. The van der Waals surface area contributed by atoms with Crippen molar-refractivity contribution in [2.24, 2.45) is 5.73 Å². The molecule has 0 aromatic heterocycles. The Morgan fingerprint density at radius 1 is 1.44 bits per heavy atom. The van der Waals surface area contributed by atoms with Gasteiger partial charge in [0.15, 0.2) is 0 Å². The van der Waals surface area contributed by atoms with Crippen LogP contribution in [0.5, 0.6) is 0 Å². The standard InChI is InChI=1S/C12H18N2O2/c1-14-12(15)16-9-11(13)8-7-10-5-3-2-4-6-10/h2-6,11H,7-9,13H2,1H3,(H,14,15)/t11-/m1/s1. The lowest BCUT2D eigenvalue weighted by Gasteiger charge is -2.11. The molecule has 16 heavy (non-hydrogen) atoms. The maximum atomic E-state index is 10.8. The second kappa shape index (κ2) is 6.85. The summed E-state index contributed by atoms with van der Waals surface area (Å²) in [5, 5.41) is 2.38. The van der Waals surface area contributed by atoms with E-state index in [9.17, 15) is 4.79 Å². The highest BCUT2D eigenvalue weighted by molar-refractivity contribution is 5.66. The monoisotopic (exact) mass is 222 g/mol. The number of carbonyl (C=O) groups is 1. The van der Waals surface area contributed by atoms with Crippen LogP contribution >= 0.6 is 0 Å². The minimum atomic E-state index is -0.435. The average molecular weight is 222 g/mol. The Kier molecular flexibility index (Phi) is 5.36. The number of benzene rings is 1. The smallest absolute Gasteiger partial charge is 0.406 e. The summed E-state index contributed by atoms with van der Waals surface area (Å²) in [6.45, 7) is 0.256. The highest BCUT2D eigenvalue weighted by Crippen LogP contribution is 2.04. The van der Waals surface area contributed by atoms with Gasteiger partial charge in [-0.3, -0.25) is 0 Å². The summed E-state index contributed by atoms with van der Waals surface area (Å²) in [5.41, 5.74) is 7.07. The van der Waals surface area contributed by atoms with E-state index >= 15 is 0 Å². The lowest BCUT2D eigenvalue weighted by Crippen LogP contribution is -2.31. The van der Waals surface area contributed by atoms with Crippen LogP contribution in [0.1, 0.15) is 12.0 Å². The summed E-state index contributed by atoms with van der Waals surface area (Å²) >= 11 is 0. The van der Waals surface area contributed by atoms with Crippen LogP contribution in [0.4, 0.5) is 4.79 Å². The number of ether oxygens (including phenoxy) is 1. The molecule has 0 saturated carbocycles. The van der Waals surface area contributed by atoms with Crippen LogP contribution in [0.3, 0.4) is 0 Å². The summed E-state index contributed by atoms with van der Waals surface area (Å²) in [6, 6.07) is 10.00. The van der Waals surface area contributed by atoms with Gasteiger partial charge in [0.2, 0.25) is 0 Å². The van der Waals surface area contributed by atoms with Gasteiger partial charge in [-0.15, -0.1) is 0 Å². The summed E-state index contributed by atoms with van der Waals surface area (Å²) in [6.07, 6.45) is 1.27. The van der Waals surface area contributed by atoms with E-state index in [0.717, 1.165) is 12.8 Å². The highest BCUT2D eigenvalue weighted by Gasteiger charge is 2.06. The fourth-order valence-electron chi connectivity index (χ4n) is 1.33. The third-order valence-electron chi connectivity index (χ3n) is 2.28. The molecule has 4 nitrogen and oxygen atoms in total. The van der Waals surface area contributed by atoms with E-state index in [1.807, 2.05) is 18.2 Å². The van der Waals surface area contributed by atoms with Gasteiger partial charge in [0.05, 0.1) is 0 Å². The molecule has 0 aliphatic heterocycles. The van der Waals surface area contributed by atoms with Gasteiger partial charge in [-0.05, 0) is 18.4 Å². The van der Waals surface area contributed by atoms with Crippen LogP contribution in [0.2, 0.25) is 0 Å². The molecule has 0 spiro atoms. The molecule has 88 valence electrons. The van der Waals surface area contributed by atoms with Crippen molar-refractivity contribution in [2.75, 3.05) is 13.7 Å². The van der Waals surface area contributed by atoms with Crippen LogP contribution in [0.15, 0.2) is 30.3 Å². The van der Waals surface area contributed by atoms with E-state index in [-0.39, 0.29) is 12.6 Å². The Balaban J connectivity index is 2.20. The summed E-state index contributed by atoms with van der Waals surface area (Å²) < 4.78 is 4.87. The Morgan fingerprint density at radius 3 is 2.75 bits per heavy atom. The van der Waals surface area contributed by atoms with Crippen LogP contribution in [-0.2, 0) is 11.2 Å². The number of hydrogen-bond acceptors (Lipinski definition) is 3. The van der Waals surface area contributed by atoms with Crippen LogP contribution in [-0.4, -0.2) is 25.8 Å². The van der Waals surface area contributed by atoms with E-state index in [4.69, 9.17) is 10.5 Å². The minimum Gasteiger partial charge on any atom is -0.448 e. The van der Waals surface area contributed by atoms with Crippen molar-refractivity contribution in [1.82, 2.24) is 5.32 Å². The largest absolute Gasteiger partial charge is 0.448 e. The summed E-state index contributed by atoms with van der Waals surface area (Å²) in [7, 11) is 1.53. The van der Waals surface area contributed by atoms with Crippen molar-refractivity contribution >= 4 is 6.09 Å². The molecule has 0 bridgehead atoms. The molecule has 4 heteroatoms. The van der Waals surface area contributed by atoms with Crippen molar-refractivity contribution in [3.8, 4) is 0 Å². The number of amides is 1. The average Bonchev–Trinajstić information content (AvgIpc) is 2.34. The third-order valence-corrected chi connectivity index (χ3v) is 2.28. The van der Waals surface area contributed by atoms with Gasteiger partial charge in [-0.1, -0.05) is 30.3 Å². The molecule has 0 fully saturated rings. The Labute approximate surface area is 95.8 Å². The first kappa shape index (κ1) is 12.5. The molecular formula is C12H18N2O2. The molecule has 1 aromatic carbocycles. The molecule has 1 atom stereocenters. The number of nitrogens with two attached hydrogens (primary N) is 1. The van der Waals surface area contributed by atoms with E-state index in [2.05, 4.69) is 17.4 Å².